The van der Waals surface area contributed by atoms with Gasteiger partial charge in [0.2, 0.25) is 0 Å². The molecule has 0 bridgehead atoms. The lowest BCUT2D eigenvalue weighted by atomic mass is 9.76. The van der Waals surface area contributed by atoms with E-state index in [9.17, 15) is 0 Å². The quantitative estimate of drug-likeness (QED) is 0.168. The summed E-state index contributed by atoms with van der Waals surface area (Å²) in [6.45, 7) is 23.9. The van der Waals surface area contributed by atoms with Gasteiger partial charge in [-0.3, -0.25) is 0 Å². The molecular weight excluding hydrogens is 503 g/mol. The molecule has 1 aliphatic rings. The van der Waals surface area contributed by atoms with Gasteiger partial charge in [-0.05, 0) is 60.4 Å². The zero-order valence-electron chi connectivity index (χ0n) is 25.4. The van der Waals surface area contributed by atoms with Crippen molar-refractivity contribution in [2.24, 2.45) is 5.41 Å². The van der Waals surface area contributed by atoms with Crippen LogP contribution in [-0.4, -0.2) is 44.4 Å². The molecule has 7 heteroatoms. The van der Waals surface area contributed by atoms with Crippen LogP contribution in [0.1, 0.15) is 56.9 Å². The van der Waals surface area contributed by atoms with Gasteiger partial charge in [-0.25, -0.2) is 4.68 Å². The van der Waals surface area contributed by atoms with Crippen LogP contribution in [0.5, 0.6) is 0 Å². The topological polar surface area (TPSA) is 41.2 Å². The summed E-state index contributed by atoms with van der Waals surface area (Å²) in [7, 11) is -1.42. The van der Waals surface area contributed by atoms with E-state index in [1.54, 1.807) is 0 Å². The maximum absolute atomic E-state index is 6.29. The van der Waals surface area contributed by atoms with Crippen molar-refractivity contribution in [3.63, 3.8) is 0 Å². The minimum Gasteiger partial charge on any atom is -0.361 e. The van der Waals surface area contributed by atoms with Crippen LogP contribution in [0.4, 0.5) is 0 Å². The molecular formula is C31H50N3O2Si2. The fourth-order valence-corrected chi connectivity index (χ4v) is 6.55. The van der Waals surface area contributed by atoms with Crippen molar-refractivity contribution in [3.8, 4) is 11.4 Å². The highest BCUT2D eigenvalue weighted by atomic mass is 28.3. The minimum absolute atomic E-state index is 0.280. The van der Waals surface area contributed by atoms with Gasteiger partial charge >= 0.3 is 0 Å². The molecule has 0 fully saturated rings. The summed E-state index contributed by atoms with van der Waals surface area (Å²) in [5, 5.41) is 6.52. The summed E-state index contributed by atoms with van der Waals surface area (Å²) < 4.78 is 17.0. The molecule has 209 valence electrons. The molecule has 0 saturated carbocycles. The number of aromatic nitrogens is 3. The standard InChI is InChI=1S/C31H50N3O2Si2/c1-23(2)24-10-11-25-19-28(33(27(25)18-24)21-35-14-16-37(5)6)30-26-12-13-31(3,4)20-29(26)34(32-30)22-36-15-17-38(7,8)9/h10-11,18-19,23H,12-17,20-22H2,1-9H3. The second kappa shape index (κ2) is 11.8. The first-order valence-corrected chi connectivity index (χ1v) is 20.9. The highest BCUT2D eigenvalue weighted by Gasteiger charge is 2.32. The zero-order chi connectivity index (χ0) is 27.7. The maximum atomic E-state index is 6.29. The normalized spacial score (nSPS) is 15.7. The number of nitrogens with zero attached hydrogens (tertiary/aromatic N) is 3. The van der Waals surface area contributed by atoms with Gasteiger partial charge in [0, 0.05) is 46.7 Å². The number of hydrogen-bond acceptors (Lipinski definition) is 3. The second-order valence-corrected chi connectivity index (χ2v) is 22.4. The Labute approximate surface area is 233 Å². The lowest BCUT2D eigenvalue weighted by molar-refractivity contribution is 0.0747. The SMILES string of the molecule is CC(C)c1ccc2cc(-c3nn(COCC[Si](C)(C)C)c4c3CCC(C)(C)C4)n(COCC[Si](C)C)c2c1. The fourth-order valence-electron chi connectivity index (χ4n) is 5.24. The highest BCUT2D eigenvalue weighted by molar-refractivity contribution is 6.76. The van der Waals surface area contributed by atoms with E-state index < -0.39 is 8.07 Å². The van der Waals surface area contributed by atoms with E-state index in [2.05, 4.69) is 93.9 Å². The molecule has 2 aromatic heterocycles. The van der Waals surface area contributed by atoms with E-state index in [1.807, 2.05) is 0 Å². The Hall–Kier alpha value is -1.68. The summed E-state index contributed by atoms with van der Waals surface area (Å²) >= 11 is 0. The monoisotopic (exact) mass is 552 g/mol. The Morgan fingerprint density at radius 1 is 1.05 bits per heavy atom. The zero-order valence-corrected chi connectivity index (χ0v) is 27.4. The molecule has 2 heterocycles. The molecule has 0 aliphatic heterocycles. The first-order chi connectivity index (χ1) is 17.8. The Morgan fingerprint density at radius 3 is 2.47 bits per heavy atom. The Kier molecular flexibility index (Phi) is 9.12. The lowest BCUT2D eigenvalue weighted by Crippen LogP contribution is -2.25. The van der Waals surface area contributed by atoms with Crippen LogP contribution < -0.4 is 0 Å². The Morgan fingerprint density at radius 2 is 1.79 bits per heavy atom. The minimum atomic E-state index is -1.13. The van der Waals surface area contributed by atoms with E-state index in [0.29, 0.717) is 19.4 Å². The van der Waals surface area contributed by atoms with Crippen LogP contribution >= 0.6 is 0 Å². The number of benzene rings is 1. The average molecular weight is 553 g/mol. The van der Waals surface area contributed by atoms with Crippen LogP contribution in [0, 0.1) is 5.41 Å². The molecule has 1 aromatic carbocycles. The van der Waals surface area contributed by atoms with E-state index in [1.165, 1.54) is 51.9 Å². The Balaban J connectivity index is 1.74. The third-order valence-corrected chi connectivity index (χ3v) is 10.8. The second-order valence-electron chi connectivity index (χ2n) is 13.9. The summed E-state index contributed by atoms with van der Waals surface area (Å²) in [4.78, 5) is 0. The summed E-state index contributed by atoms with van der Waals surface area (Å²) in [6, 6.07) is 11.6. The third kappa shape index (κ3) is 7.09. The molecule has 3 aromatic rings. The Bertz CT molecular complexity index is 1230. The third-order valence-electron chi connectivity index (χ3n) is 7.88. The van der Waals surface area contributed by atoms with Crippen molar-refractivity contribution in [1.29, 1.82) is 0 Å². The summed E-state index contributed by atoms with van der Waals surface area (Å²) in [5.74, 6) is 0.486. The molecule has 38 heavy (non-hydrogen) atoms. The maximum Gasteiger partial charge on any atom is 0.139 e. The molecule has 0 saturated heterocycles. The predicted molar refractivity (Wildman–Crippen MR) is 165 cm³/mol. The summed E-state index contributed by atoms with van der Waals surface area (Å²) in [5.41, 5.74) is 7.94. The molecule has 0 amide bonds. The van der Waals surface area contributed by atoms with E-state index in [-0.39, 0.29) is 14.2 Å². The average Bonchev–Trinajstić information content (AvgIpc) is 3.35. The number of hydrogen-bond donors (Lipinski definition) is 0. The van der Waals surface area contributed by atoms with E-state index in [4.69, 9.17) is 14.6 Å². The molecule has 1 aliphatic carbocycles. The summed E-state index contributed by atoms with van der Waals surface area (Å²) in [6.07, 6.45) is 3.28. The molecule has 0 spiro atoms. The van der Waals surface area contributed by atoms with Gasteiger partial charge in [0.05, 0.1) is 11.2 Å². The van der Waals surface area contributed by atoms with Crippen LogP contribution in [0.3, 0.4) is 0 Å². The molecule has 0 atom stereocenters. The van der Waals surface area contributed by atoms with Gasteiger partial charge in [-0.1, -0.05) is 72.6 Å². The van der Waals surface area contributed by atoms with Crippen molar-refractivity contribution in [1.82, 2.24) is 14.3 Å². The largest absolute Gasteiger partial charge is 0.361 e. The molecule has 0 unspecified atom stereocenters. The van der Waals surface area contributed by atoms with Crippen LogP contribution in [0.15, 0.2) is 24.3 Å². The number of rotatable bonds is 12. The van der Waals surface area contributed by atoms with Crippen LogP contribution in [0.2, 0.25) is 44.8 Å². The van der Waals surface area contributed by atoms with Crippen LogP contribution in [0.25, 0.3) is 22.3 Å². The smallest absolute Gasteiger partial charge is 0.139 e. The first kappa shape index (κ1) is 29.3. The highest BCUT2D eigenvalue weighted by Crippen LogP contribution is 2.40. The number of ether oxygens (including phenoxy) is 2. The number of fused-ring (bicyclic) bond motifs is 2. The van der Waals surface area contributed by atoms with Crippen molar-refractivity contribution in [2.45, 2.75) is 111 Å². The van der Waals surface area contributed by atoms with Crippen LogP contribution in [-0.2, 0) is 35.8 Å². The molecule has 5 nitrogen and oxygen atoms in total. The lowest BCUT2D eigenvalue weighted by Gasteiger charge is -2.30. The molecule has 0 N–H and O–H groups in total. The van der Waals surface area contributed by atoms with Gasteiger partial charge in [0.25, 0.3) is 0 Å². The molecule has 4 rings (SSSR count). The van der Waals surface area contributed by atoms with Crippen molar-refractivity contribution < 1.29 is 9.47 Å². The van der Waals surface area contributed by atoms with Crippen molar-refractivity contribution >= 4 is 27.8 Å². The predicted octanol–water partition coefficient (Wildman–Crippen LogP) is 8.18. The van der Waals surface area contributed by atoms with Gasteiger partial charge < -0.3 is 14.0 Å². The first-order valence-electron chi connectivity index (χ1n) is 14.5. The van der Waals surface area contributed by atoms with E-state index >= 15 is 0 Å². The van der Waals surface area contributed by atoms with Gasteiger partial charge in [0.1, 0.15) is 19.2 Å². The van der Waals surface area contributed by atoms with Crippen molar-refractivity contribution in [3.05, 3.63) is 41.1 Å². The van der Waals surface area contributed by atoms with E-state index in [0.717, 1.165) is 31.7 Å². The van der Waals surface area contributed by atoms with Gasteiger partial charge in [-0.15, -0.1) is 0 Å². The van der Waals surface area contributed by atoms with Crippen molar-refractivity contribution in [2.75, 3.05) is 13.2 Å². The van der Waals surface area contributed by atoms with Gasteiger partial charge in [0.15, 0.2) is 0 Å². The molecule has 1 radical (unpaired) electrons. The fraction of sp³-hybridized carbons (Fsp3) is 0.645. The van der Waals surface area contributed by atoms with Gasteiger partial charge in [-0.2, -0.15) is 5.10 Å².